The molecule has 0 N–H and O–H groups in total. The van der Waals surface area contributed by atoms with E-state index in [1.165, 1.54) is 31.8 Å². The molecule has 0 radical (unpaired) electrons. The highest BCUT2D eigenvalue weighted by atomic mass is 16.6. The number of esters is 1. The monoisotopic (exact) mass is 260 g/mol. The van der Waals surface area contributed by atoms with Crippen LogP contribution in [0, 0.1) is 35.0 Å². The fourth-order valence-corrected chi connectivity index (χ4v) is 6.66. The largest absolute Gasteiger partial charge is 0.462 e. The second kappa shape index (κ2) is 3.25. The van der Waals surface area contributed by atoms with E-state index >= 15 is 0 Å². The average molecular weight is 260 g/mol. The van der Waals surface area contributed by atoms with E-state index in [4.69, 9.17) is 9.47 Å². The highest BCUT2D eigenvalue weighted by Crippen LogP contribution is 2.77. The van der Waals surface area contributed by atoms with Crippen LogP contribution in [0.15, 0.2) is 12.7 Å². The minimum absolute atomic E-state index is 0.257. The van der Waals surface area contributed by atoms with Crippen LogP contribution in [0.25, 0.3) is 0 Å². The molecule has 3 nitrogen and oxygen atoms in total. The Hall–Kier alpha value is -0.830. The fourth-order valence-electron chi connectivity index (χ4n) is 6.66. The molecule has 19 heavy (non-hydrogen) atoms. The summed E-state index contributed by atoms with van der Waals surface area (Å²) < 4.78 is 11.4. The summed E-state index contributed by atoms with van der Waals surface area (Å²) in [5, 5.41) is 0. The van der Waals surface area contributed by atoms with Gasteiger partial charge in [-0.05, 0) is 55.3 Å². The first-order chi connectivity index (χ1) is 9.25. The van der Waals surface area contributed by atoms with Gasteiger partial charge in [-0.3, -0.25) is 0 Å². The predicted molar refractivity (Wildman–Crippen MR) is 68.2 cm³/mol. The SMILES string of the molecule is C=CC(=O)OCC12C3CCC(C3)C1C1CC2C2OC12. The summed E-state index contributed by atoms with van der Waals surface area (Å²) in [6.07, 6.45) is 7.81. The molecule has 0 amide bonds. The zero-order chi connectivity index (χ0) is 12.8. The molecule has 5 fully saturated rings. The van der Waals surface area contributed by atoms with Crippen LogP contribution >= 0.6 is 0 Å². The Morgan fingerprint density at radius 1 is 1.37 bits per heavy atom. The predicted octanol–water partition coefficient (Wildman–Crippen LogP) is 2.17. The van der Waals surface area contributed by atoms with Gasteiger partial charge < -0.3 is 9.47 Å². The van der Waals surface area contributed by atoms with Crippen LogP contribution in [0.3, 0.4) is 0 Å². The Morgan fingerprint density at radius 3 is 3.11 bits per heavy atom. The van der Waals surface area contributed by atoms with Crippen LogP contribution in [0.1, 0.15) is 25.7 Å². The van der Waals surface area contributed by atoms with E-state index in [-0.39, 0.29) is 11.4 Å². The molecule has 0 aromatic rings. The summed E-state index contributed by atoms with van der Waals surface area (Å²) in [4.78, 5) is 11.5. The lowest BCUT2D eigenvalue weighted by molar-refractivity contribution is -0.146. The fraction of sp³-hybridized carbons (Fsp3) is 0.812. The van der Waals surface area contributed by atoms with Crippen molar-refractivity contribution in [2.24, 2.45) is 35.0 Å². The van der Waals surface area contributed by atoms with Gasteiger partial charge in [0, 0.05) is 11.5 Å². The number of ether oxygens (including phenoxy) is 2. The van der Waals surface area contributed by atoms with Crippen LogP contribution in [-0.2, 0) is 14.3 Å². The highest BCUT2D eigenvalue weighted by Gasteiger charge is 2.78. The van der Waals surface area contributed by atoms with Crippen LogP contribution in [0.2, 0.25) is 0 Å². The standard InChI is InChI=1S/C16H20O3/c1-2-12(17)18-7-16-9-4-3-8(5-9)13(16)10-6-11(16)15-14(10)19-15/h2,8-11,13-15H,1,3-7H2. The van der Waals surface area contributed by atoms with E-state index in [0.717, 1.165) is 23.7 Å². The molecule has 1 aliphatic heterocycles. The van der Waals surface area contributed by atoms with E-state index in [1.54, 1.807) is 0 Å². The van der Waals surface area contributed by atoms with Gasteiger partial charge in [-0.2, -0.15) is 0 Å². The molecule has 0 spiro atoms. The number of epoxide rings is 1. The third-order valence-electron chi connectivity index (χ3n) is 7.05. The van der Waals surface area contributed by atoms with Crippen molar-refractivity contribution in [3.63, 3.8) is 0 Å². The summed E-state index contributed by atoms with van der Waals surface area (Å²) in [6, 6.07) is 0. The number of hydrogen-bond donors (Lipinski definition) is 0. The van der Waals surface area contributed by atoms with E-state index < -0.39 is 0 Å². The normalized spacial score (nSPS) is 58.8. The summed E-state index contributed by atoms with van der Waals surface area (Å²) >= 11 is 0. The zero-order valence-electron chi connectivity index (χ0n) is 11.1. The van der Waals surface area contributed by atoms with Crippen molar-refractivity contribution >= 4 is 5.97 Å². The van der Waals surface area contributed by atoms with Crippen molar-refractivity contribution in [1.29, 1.82) is 0 Å². The number of carbonyl (C=O) groups is 1. The van der Waals surface area contributed by atoms with Gasteiger partial charge in [0.2, 0.25) is 0 Å². The first kappa shape index (κ1) is 10.9. The third-order valence-corrected chi connectivity index (χ3v) is 7.05. The molecule has 3 heteroatoms. The van der Waals surface area contributed by atoms with Crippen LogP contribution < -0.4 is 0 Å². The van der Waals surface area contributed by atoms with Crippen molar-refractivity contribution in [2.75, 3.05) is 6.61 Å². The van der Waals surface area contributed by atoms with E-state index in [1.807, 2.05) is 0 Å². The quantitative estimate of drug-likeness (QED) is 0.338. The molecule has 1 saturated heterocycles. The molecule has 4 bridgehead atoms. The van der Waals surface area contributed by atoms with Gasteiger partial charge in [-0.1, -0.05) is 6.58 Å². The second-order valence-corrected chi connectivity index (χ2v) is 7.29. The lowest BCUT2D eigenvalue weighted by Crippen LogP contribution is -2.47. The first-order valence-electron chi connectivity index (χ1n) is 7.70. The van der Waals surface area contributed by atoms with E-state index in [2.05, 4.69) is 6.58 Å². The minimum atomic E-state index is -0.257. The molecule has 5 aliphatic rings. The Bertz CT molecular complexity index is 473. The van der Waals surface area contributed by atoms with E-state index in [0.29, 0.717) is 24.7 Å². The van der Waals surface area contributed by atoms with Crippen LogP contribution in [0.4, 0.5) is 0 Å². The third kappa shape index (κ3) is 1.09. The second-order valence-electron chi connectivity index (χ2n) is 7.29. The molecule has 5 rings (SSSR count). The number of rotatable bonds is 3. The lowest BCUT2D eigenvalue weighted by atomic mass is 9.59. The molecule has 4 saturated carbocycles. The number of carbonyl (C=O) groups excluding carboxylic acids is 1. The first-order valence-corrected chi connectivity index (χ1v) is 7.70. The maximum atomic E-state index is 11.5. The summed E-state index contributed by atoms with van der Waals surface area (Å²) in [7, 11) is 0. The molecular formula is C16H20O3. The minimum Gasteiger partial charge on any atom is -0.462 e. The van der Waals surface area contributed by atoms with Crippen molar-refractivity contribution < 1.29 is 14.3 Å². The van der Waals surface area contributed by atoms with Crippen LogP contribution in [0.5, 0.6) is 0 Å². The highest BCUT2D eigenvalue weighted by molar-refractivity contribution is 5.81. The summed E-state index contributed by atoms with van der Waals surface area (Å²) in [6.45, 7) is 4.13. The topological polar surface area (TPSA) is 38.8 Å². The molecule has 8 unspecified atom stereocenters. The van der Waals surface area contributed by atoms with Gasteiger partial charge in [0.05, 0.1) is 18.8 Å². The molecular weight excluding hydrogens is 240 g/mol. The Kier molecular flexibility index (Phi) is 1.86. The molecule has 102 valence electrons. The van der Waals surface area contributed by atoms with Crippen molar-refractivity contribution in [3.05, 3.63) is 12.7 Å². The van der Waals surface area contributed by atoms with Crippen molar-refractivity contribution in [2.45, 2.75) is 37.9 Å². The molecule has 8 atom stereocenters. The van der Waals surface area contributed by atoms with Gasteiger partial charge in [0.25, 0.3) is 0 Å². The van der Waals surface area contributed by atoms with Crippen LogP contribution in [-0.4, -0.2) is 24.8 Å². The van der Waals surface area contributed by atoms with Crippen molar-refractivity contribution in [3.8, 4) is 0 Å². The lowest BCUT2D eigenvalue weighted by Gasteiger charge is -2.45. The van der Waals surface area contributed by atoms with Gasteiger partial charge in [0.1, 0.15) is 0 Å². The maximum Gasteiger partial charge on any atom is 0.330 e. The van der Waals surface area contributed by atoms with Gasteiger partial charge in [0.15, 0.2) is 0 Å². The number of fused-ring (bicyclic) bond motifs is 12. The molecule has 0 aromatic heterocycles. The summed E-state index contributed by atoms with van der Waals surface area (Å²) in [5.41, 5.74) is 0.268. The number of hydrogen-bond acceptors (Lipinski definition) is 3. The Morgan fingerprint density at radius 2 is 2.26 bits per heavy atom. The van der Waals surface area contributed by atoms with Gasteiger partial charge in [-0.25, -0.2) is 4.79 Å². The maximum absolute atomic E-state index is 11.5. The zero-order valence-corrected chi connectivity index (χ0v) is 11.1. The van der Waals surface area contributed by atoms with E-state index in [9.17, 15) is 4.79 Å². The molecule has 1 heterocycles. The summed E-state index contributed by atoms with van der Waals surface area (Å²) in [5.74, 6) is 3.62. The van der Waals surface area contributed by atoms with Crippen molar-refractivity contribution in [1.82, 2.24) is 0 Å². The smallest absolute Gasteiger partial charge is 0.330 e. The Balaban J connectivity index is 1.51. The Labute approximate surface area is 113 Å². The molecule has 0 aromatic carbocycles. The van der Waals surface area contributed by atoms with Gasteiger partial charge >= 0.3 is 5.97 Å². The average Bonchev–Trinajstić information content (AvgIpc) is 2.83. The van der Waals surface area contributed by atoms with Gasteiger partial charge in [-0.15, -0.1) is 0 Å². The molecule has 4 aliphatic carbocycles.